The average molecular weight is 283 g/mol. The number of carboxylic acids is 1. The van der Waals surface area contributed by atoms with Crippen molar-refractivity contribution >= 4 is 17.6 Å². The predicted molar refractivity (Wildman–Crippen MR) is 67.4 cm³/mol. The lowest BCUT2D eigenvalue weighted by Gasteiger charge is -2.17. The quantitative estimate of drug-likeness (QED) is 0.517. The first-order valence-corrected chi connectivity index (χ1v) is 5.64. The van der Waals surface area contributed by atoms with Crippen molar-refractivity contribution in [3.63, 3.8) is 0 Å². The highest BCUT2D eigenvalue weighted by atomic mass is 16.6. The molecule has 1 aromatic rings. The van der Waals surface area contributed by atoms with E-state index < -0.39 is 45.6 Å². The van der Waals surface area contributed by atoms with E-state index in [-0.39, 0.29) is 0 Å². The van der Waals surface area contributed by atoms with Gasteiger partial charge in [-0.1, -0.05) is 13.8 Å². The molecule has 1 amide bonds. The molecule has 0 aliphatic heterocycles. The van der Waals surface area contributed by atoms with Gasteiger partial charge in [-0.3, -0.25) is 19.7 Å². The highest BCUT2D eigenvalue weighted by Gasteiger charge is 2.25. The number of nitro groups is 1. The maximum Gasteiger partial charge on any atom is 0.326 e. The Morgan fingerprint density at radius 3 is 2.50 bits per heavy atom. The zero-order chi connectivity index (χ0) is 15.4. The summed E-state index contributed by atoms with van der Waals surface area (Å²) in [6, 6.07) is -0.394. The summed E-state index contributed by atoms with van der Waals surface area (Å²) < 4.78 is 0. The number of aliphatic carboxylic acids is 1. The number of nitrogens with one attached hydrogen (secondary N) is 2. The molecule has 3 N–H and O–H groups in total. The third-order valence-corrected chi connectivity index (χ3v) is 2.56. The first-order valence-electron chi connectivity index (χ1n) is 5.64. The molecule has 1 aromatic heterocycles. The number of carbonyl (C=O) groups is 2. The van der Waals surface area contributed by atoms with E-state index in [1.165, 1.54) is 0 Å². The van der Waals surface area contributed by atoms with Gasteiger partial charge in [0.25, 0.3) is 17.2 Å². The Bertz CT molecular complexity index is 606. The van der Waals surface area contributed by atoms with E-state index in [0.29, 0.717) is 0 Å². The second-order valence-electron chi connectivity index (χ2n) is 4.39. The number of nitrogens with zero attached hydrogens (tertiary/aromatic N) is 1. The number of aromatic nitrogens is 1. The summed E-state index contributed by atoms with van der Waals surface area (Å²) in [5, 5.41) is 21.7. The Labute approximate surface area is 112 Å². The molecule has 0 fully saturated rings. The highest BCUT2D eigenvalue weighted by Crippen LogP contribution is 2.09. The second-order valence-corrected chi connectivity index (χ2v) is 4.39. The van der Waals surface area contributed by atoms with Gasteiger partial charge in [0.2, 0.25) is 0 Å². The normalized spacial score (nSPS) is 11.9. The summed E-state index contributed by atoms with van der Waals surface area (Å²) >= 11 is 0. The molecule has 0 unspecified atom stereocenters. The SMILES string of the molecule is CC(C)[C@@H](NC(=O)c1cc([N+](=O)[O-])c[nH]c1=O)C(=O)O. The van der Waals surface area contributed by atoms with Crippen molar-refractivity contribution in [1.82, 2.24) is 10.3 Å². The minimum absolute atomic E-state index is 0.408. The monoisotopic (exact) mass is 283 g/mol. The molecular formula is C11H13N3O6. The number of hydrogen-bond acceptors (Lipinski definition) is 5. The first kappa shape index (κ1) is 15.3. The van der Waals surface area contributed by atoms with Gasteiger partial charge in [-0.2, -0.15) is 0 Å². The Morgan fingerprint density at radius 1 is 1.45 bits per heavy atom. The van der Waals surface area contributed by atoms with Crippen LogP contribution in [-0.4, -0.2) is 32.9 Å². The van der Waals surface area contributed by atoms with E-state index >= 15 is 0 Å². The van der Waals surface area contributed by atoms with Gasteiger partial charge in [0.05, 0.1) is 11.1 Å². The van der Waals surface area contributed by atoms with Crippen LogP contribution in [0.4, 0.5) is 5.69 Å². The number of carboxylic acid groups (broad SMARTS) is 1. The van der Waals surface area contributed by atoms with Gasteiger partial charge in [-0.05, 0) is 5.92 Å². The van der Waals surface area contributed by atoms with Crippen LogP contribution >= 0.6 is 0 Å². The van der Waals surface area contributed by atoms with Gasteiger partial charge in [0, 0.05) is 6.07 Å². The van der Waals surface area contributed by atoms with Gasteiger partial charge in [0.1, 0.15) is 11.6 Å². The van der Waals surface area contributed by atoms with Crippen molar-refractivity contribution in [2.24, 2.45) is 5.92 Å². The summed E-state index contributed by atoms with van der Waals surface area (Å²) in [5.74, 6) is -2.64. The van der Waals surface area contributed by atoms with Gasteiger partial charge in [-0.25, -0.2) is 4.79 Å². The van der Waals surface area contributed by atoms with Crippen LogP contribution in [0.5, 0.6) is 0 Å². The van der Waals surface area contributed by atoms with E-state index in [9.17, 15) is 24.5 Å². The maximum atomic E-state index is 11.8. The van der Waals surface area contributed by atoms with Crippen LogP contribution in [0.2, 0.25) is 0 Å². The van der Waals surface area contributed by atoms with Crippen molar-refractivity contribution in [3.8, 4) is 0 Å². The molecule has 0 bridgehead atoms. The summed E-state index contributed by atoms with van der Waals surface area (Å²) in [5.41, 5.74) is -1.81. The number of amides is 1. The molecule has 9 heteroatoms. The summed E-state index contributed by atoms with van der Waals surface area (Å²) in [4.78, 5) is 46.1. The zero-order valence-electron chi connectivity index (χ0n) is 10.7. The molecule has 0 saturated carbocycles. The van der Waals surface area contributed by atoms with Crippen LogP contribution in [0.25, 0.3) is 0 Å². The van der Waals surface area contributed by atoms with Crippen molar-refractivity contribution in [1.29, 1.82) is 0 Å². The van der Waals surface area contributed by atoms with Gasteiger partial charge in [0.15, 0.2) is 0 Å². The molecule has 108 valence electrons. The van der Waals surface area contributed by atoms with Crippen molar-refractivity contribution in [2.45, 2.75) is 19.9 Å². The van der Waals surface area contributed by atoms with E-state index in [1.54, 1.807) is 13.8 Å². The average Bonchev–Trinajstić information content (AvgIpc) is 2.34. The van der Waals surface area contributed by atoms with Gasteiger partial charge in [-0.15, -0.1) is 0 Å². The van der Waals surface area contributed by atoms with Crippen molar-refractivity contribution < 1.29 is 19.6 Å². The molecule has 1 rings (SSSR count). The standard InChI is InChI=1S/C11H13N3O6/c1-5(2)8(11(17)18)13-10(16)7-3-6(14(19)20)4-12-9(7)15/h3-5,8H,1-2H3,(H,12,15)(H,13,16)(H,17,18)/t8-/m1/s1. The molecule has 0 radical (unpaired) electrons. The third-order valence-electron chi connectivity index (χ3n) is 2.56. The topological polar surface area (TPSA) is 142 Å². The number of aromatic amines is 1. The largest absolute Gasteiger partial charge is 0.480 e. The lowest BCUT2D eigenvalue weighted by atomic mass is 10.0. The molecule has 1 atom stereocenters. The molecular weight excluding hydrogens is 270 g/mol. The summed E-state index contributed by atoms with van der Waals surface area (Å²) in [7, 11) is 0. The summed E-state index contributed by atoms with van der Waals surface area (Å²) in [6.07, 6.45) is 0.857. The lowest BCUT2D eigenvalue weighted by molar-refractivity contribution is -0.385. The Hall–Kier alpha value is -2.71. The van der Waals surface area contributed by atoms with E-state index in [2.05, 4.69) is 10.3 Å². The molecule has 0 aromatic carbocycles. The second kappa shape index (κ2) is 5.95. The molecule has 0 saturated heterocycles. The number of H-pyrrole nitrogens is 1. The van der Waals surface area contributed by atoms with Crippen LogP contribution in [0.3, 0.4) is 0 Å². The van der Waals surface area contributed by atoms with Crippen molar-refractivity contribution in [2.75, 3.05) is 0 Å². The smallest absolute Gasteiger partial charge is 0.326 e. The minimum atomic E-state index is -1.25. The minimum Gasteiger partial charge on any atom is -0.480 e. The van der Waals surface area contributed by atoms with E-state index in [1.807, 2.05) is 0 Å². The lowest BCUT2D eigenvalue weighted by Crippen LogP contribution is -2.45. The van der Waals surface area contributed by atoms with Crippen LogP contribution in [0, 0.1) is 16.0 Å². The van der Waals surface area contributed by atoms with Crippen LogP contribution in [0.15, 0.2) is 17.1 Å². The molecule has 9 nitrogen and oxygen atoms in total. The number of carbonyl (C=O) groups excluding carboxylic acids is 1. The highest BCUT2D eigenvalue weighted by molar-refractivity contribution is 5.96. The molecule has 1 heterocycles. The van der Waals surface area contributed by atoms with E-state index in [4.69, 9.17) is 5.11 Å². The van der Waals surface area contributed by atoms with E-state index in [0.717, 1.165) is 12.3 Å². The summed E-state index contributed by atoms with van der Waals surface area (Å²) in [6.45, 7) is 3.16. The first-order chi connectivity index (χ1) is 9.23. The zero-order valence-corrected chi connectivity index (χ0v) is 10.7. The van der Waals surface area contributed by atoms with Gasteiger partial charge < -0.3 is 15.4 Å². The van der Waals surface area contributed by atoms with Crippen LogP contribution in [0.1, 0.15) is 24.2 Å². The third kappa shape index (κ3) is 3.40. The van der Waals surface area contributed by atoms with Crippen LogP contribution in [-0.2, 0) is 4.79 Å². The predicted octanol–water partition coefficient (Wildman–Crippen LogP) is 0.122. The molecule has 20 heavy (non-hydrogen) atoms. The fourth-order valence-corrected chi connectivity index (χ4v) is 1.48. The van der Waals surface area contributed by atoms with Crippen molar-refractivity contribution in [3.05, 3.63) is 38.3 Å². The number of rotatable bonds is 5. The fraction of sp³-hybridized carbons (Fsp3) is 0.364. The Morgan fingerprint density at radius 2 is 2.05 bits per heavy atom. The fourth-order valence-electron chi connectivity index (χ4n) is 1.48. The number of hydrogen-bond donors (Lipinski definition) is 3. The van der Waals surface area contributed by atoms with Crippen LogP contribution < -0.4 is 10.9 Å². The van der Waals surface area contributed by atoms with Gasteiger partial charge >= 0.3 is 5.97 Å². The molecule has 0 aliphatic rings. The Balaban J connectivity index is 3.09. The number of pyridine rings is 1. The molecule has 0 aliphatic carbocycles. The maximum absolute atomic E-state index is 11.8. The Kier molecular flexibility index (Phi) is 4.57. The molecule has 0 spiro atoms.